The molecule has 0 saturated carbocycles. The fourth-order valence-electron chi connectivity index (χ4n) is 1.22. The van der Waals surface area contributed by atoms with Crippen molar-refractivity contribution >= 4 is 21.4 Å². The van der Waals surface area contributed by atoms with E-state index in [-0.39, 0.29) is 10.8 Å². The first-order valence-corrected chi connectivity index (χ1v) is 7.23. The Balaban J connectivity index is 2.73. The van der Waals surface area contributed by atoms with Gasteiger partial charge < -0.3 is 5.32 Å². The molecular formula is C13H15NO3S. The fourth-order valence-corrected chi connectivity index (χ4v) is 1.85. The summed E-state index contributed by atoms with van der Waals surface area (Å²) in [5, 5.41) is 2.63. The van der Waals surface area contributed by atoms with Crippen LogP contribution in [-0.4, -0.2) is 20.6 Å². The van der Waals surface area contributed by atoms with Gasteiger partial charge in [-0.15, -0.1) is 0 Å². The van der Waals surface area contributed by atoms with Crippen molar-refractivity contribution in [2.45, 2.75) is 11.8 Å². The van der Waals surface area contributed by atoms with Crippen molar-refractivity contribution in [2.75, 3.05) is 11.6 Å². The van der Waals surface area contributed by atoms with E-state index in [4.69, 9.17) is 0 Å². The number of carbonyl (C=O) groups excluding carboxylic acids is 1. The van der Waals surface area contributed by atoms with Gasteiger partial charge in [-0.3, -0.25) is 4.79 Å². The normalized spacial score (nSPS) is 12.1. The van der Waals surface area contributed by atoms with Gasteiger partial charge in [0.1, 0.15) is 0 Å². The number of hydrogen-bond donors (Lipinski definition) is 1. The Morgan fingerprint density at radius 1 is 1.17 bits per heavy atom. The lowest BCUT2D eigenvalue weighted by Gasteiger charge is -2.03. The summed E-state index contributed by atoms with van der Waals surface area (Å²) < 4.78 is 22.5. The first-order chi connectivity index (χ1) is 8.43. The molecule has 0 aliphatic heterocycles. The van der Waals surface area contributed by atoms with Crippen LogP contribution >= 0.6 is 0 Å². The molecule has 0 bridgehead atoms. The number of allylic oxidation sites excluding steroid dienone is 3. The molecule has 1 rings (SSSR count). The van der Waals surface area contributed by atoms with Crippen molar-refractivity contribution in [2.24, 2.45) is 0 Å². The molecule has 5 heteroatoms. The highest BCUT2D eigenvalue weighted by molar-refractivity contribution is 7.90. The van der Waals surface area contributed by atoms with Gasteiger partial charge in [-0.05, 0) is 31.2 Å². The minimum Gasteiger partial charge on any atom is -0.323 e. The monoisotopic (exact) mass is 265 g/mol. The van der Waals surface area contributed by atoms with E-state index in [9.17, 15) is 13.2 Å². The van der Waals surface area contributed by atoms with Crippen molar-refractivity contribution in [3.8, 4) is 0 Å². The molecule has 0 unspecified atom stereocenters. The molecule has 1 N–H and O–H groups in total. The lowest BCUT2D eigenvalue weighted by Crippen LogP contribution is -2.07. The summed E-state index contributed by atoms with van der Waals surface area (Å²) in [6, 6.07) is 6.02. The molecule has 0 atom stereocenters. The van der Waals surface area contributed by atoms with Crippen molar-refractivity contribution < 1.29 is 13.2 Å². The molecule has 96 valence electrons. The topological polar surface area (TPSA) is 63.2 Å². The minimum atomic E-state index is -3.20. The highest BCUT2D eigenvalue weighted by Crippen LogP contribution is 2.13. The zero-order chi connectivity index (χ0) is 13.6. The molecule has 0 aliphatic rings. The molecule has 0 spiro atoms. The maximum absolute atomic E-state index is 11.4. The summed E-state index contributed by atoms with van der Waals surface area (Å²) >= 11 is 0. The molecule has 1 amide bonds. The van der Waals surface area contributed by atoms with Crippen LogP contribution in [0, 0.1) is 0 Å². The van der Waals surface area contributed by atoms with E-state index in [1.54, 1.807) is 24.3 Å². The molecule has 0 fully saturated rings. The average Bonchev–Trinajstić information content (AvgIpc) is 2.29. The first-order valence-electron chi connectivity index (χ1n) is 5.34. The van der Waals surface area contributed by atoms with E-state index in [1.165, 1.54) is 18.2 Å². The van der Waals surface area contributed by atoms with Crippen LogP contribution in [-0.2, 0) is 14.6 Å². The molecule has 1 aromatic rings. The van der Waals surface area contributed by atoms with E-state index in [2.05, 4.69) is 5.32 Å². The highest BCUT2D eigenvalue weighted by atomic mass is 32.2. The minimum absolute atomic E-state index is 0.227. The van der Waals surface area contributed by atoms with Gasteiger partial charge in [0.15, 0.2) is 9.84 Å². The standard InChI is InChI=1S/C13H15NO3S/c1-3-4-5-6-13(15)14-11-7-9-12(10-8-11)18(2,16)17/h3-10H,1-2H3,(H,14,15)/b4-3+,6-5+. The highest BCUT2D eigenvalue weighted by Gasteiger charge is 2.06. The van der Waals surface area contributed by atoms with Crippen molar-refractivity contribution in [1.82, 2.24) is 0 Å². The number of benzene rings is 1. The Labute approximate surface area is 107 Å². The van der Waals surface area contributed by atoms with E-state index in [0.29, 0.717) is 5.69 Å². The van der Waals surface area contributed by atoms with Crippen LogP contribution in [0.3, 0.4) is 0 Å². The zero-order valence-electron chi connectivity index (χ0n) is 10.3. The maximum Gasteiger partial charge on any atom is 0.248 e. The number of nitrogens with one attached hydrogen (secondary N) is 1. The van der Waals surface area contributed by atoms with Crippen molar-refractivity contribution in [3.63, 3.8) is 0 Å². The van der Waals surface area contributed by atoms with Gasteiger partial charge in [-0.1, -0.05) is 18.2 Å². The Morgan fingerprint density at radius 2 is 1.78 bits per heavy atom. The molecule has 0 saturated heterocycles. The molecule has 1 aromatic carbocycles. The van der Waals surface area contributed by atoms with Crippen molar-refractivity contribution in [3.05, 3.63) is 48.6 Å². The molecule has 0 aromatic heterocycles. The third-order valence-corrected chi connectivity index (χ3v) is 3.23. The third kappa shape index (κ3) is 4.55. The summed E-state index contributed by atoms with van der Waals surface area (Å²) in [5.74, 6) is -0.264. The number of hydrogen-bond acceptors (Lipinski definition) is 3. The predicted octanol–water partition coefficient (Wildman–Crippen LogP) is 2.16. The molecular weight excluding hydrogens is 250 g/mol. The Bertz CT molecular complexity index is 569. The quantitative estimate of drug-likeness (QED) is 0.670. The number of anilines is 1. The van der Waals surface area contributed by atoms with E-state index < -0.39 is 9.84 Å². The summed E-state index contributed by atoms with van der Waals surface area (Å²) in [6.07, 6.45) is 7.71. The van der Waals surface area contributed by atoms with Crippen LogP contribution in [0.5, 0.6) is 0 Å². The third-order valence-electron chi connectivity index (χ3n) is 2.10. The predicted molar refractivity (Wildman–Crippen MR) is 72.1 cm³/mol. The largest absolute Gasteiger partial charge is 0.323 e. The van der Waals surface area contributed by atoms with Gasteiger partial charge in [0.2, 0.25) is 5.91 Å². The van der Waals surface area contributed by atoms with Crippen molar-refractivity contribution in [1.29, 1.82) is 0 Å². The second kappa shape index (κ2) is 6.16. The van der Waals surface area contributed by atoms with Gasteiger partial charge in [0.05, 0.1) is 4.90 Å². The van der Waals surface area contributed by atoms with Gasteiger partial charge in [0, 0.05) is 18.0 Å². The second-order valence-corrected chi connectivity index (χ2v) is 5.69. The number of carbonyl (C=O) groups is 1. The van der Waals surface area contributed by atoms with Gasteiger partial charge >= 0.3 is 0 Å². The Hall–Kier alpha value is -1.88. The van der Waals surface area contributed by atoms with Gasteiger partial charge in [-0.25, -0.2) is 8.42 Å². The number of sulfone groups is 1. The molecule has 0 heterocycles. The molecule has 18 heavy (non-hydrogen) atoms. The van der Waals surface area contributed by atoms with Gasteiger partial charge in [0.25, 0.3) is 0 Å². The van der Waals surface area contributed by atoms with Crippen LogP contribution in [0.4, 0.5) is 5.69 Å². The van der Waals surface area contributed by atoms with Crippen LogP contribution in [0.15, 0.2) is 53.5 Å². The lowest BCUT2D eigenvalue weighted by atomic mass is 10.3. The SMILES string of the molecule is C/C=C/C=C/C(=O)Nc1ccc(S(C)(=O)=O)cc1. The van der Waals surface area contributed by atoms with Crippen LogP contribution in [0.2, 0.25) is 0 Å². The van der Waals surface area contributed by atoms with Gasteiger partial charge in [-0.2, -0.15) is 0 Å². The zero-order valence-corrected chi connectivity index (χ0v) is 11.1. The summed E-state index contributed by atoms with van der Waals surface area (Å²) in [5.41, 5.74) is 0.553. The van der Waals surface area contributed by atoms with E-state index >= 15 is 0 Å². The average molecular weight is 265 g/mol. The smallest absolute Gasteiger partial charge is 0.248 e. The number of amides is 1. The first kappa shape index (κ1) is 14.2. The summed E-state index contributed by atoms with van der Waals surface area (Å²) in [4.78, 5) is 11.6. The Morgan fingerprint density at radius 3 is 2.28 bits per heavy atom. The summed E-state index contributed by atoms with van der Waals surface area (Å²) in [6.45, 7) is 1.85. The summed E-state index contributed by atoms with van der Waals surface area (Å²) in [7, 11) is -3.20. The molecule has 0 radical (unpaired) electrons. The molecule has 0 aliphatic carbocycles. The molecule has 4 nitrogen and oxygen atoms in total. The fraction of sp³-hybridized carbons (Fsp3) is 0.154. The van der Waals surface area contributed by atoms with Crippen LogP contribution in [0.1, 0.15) is 6.92 Å². The lowest BCUT2D eigenvalue weighted by molar-refractivity contribution is -0.111. The Kier molecular flexibility index (Phi) is 4.85. The van der Waals surface area contributed by atoms with E-state index in [1.807, 2.05) is 13.0 Å². The van der Waals surface area contributed by atoms with E-state index in [0.717, 1.165) is 6.26 Å². The van der Waals surface area contributed by atoms with Crippen LogP contribution < -0.4 is 5.32 Å². The number of rotatable bonds is 4. The maximum atomic E-state index is 11.4. The van der Waals surface area contributed by atoms with Crippen LogP contribution in [0.25, 0.3) is 0 Å². The second-order valence-electron chi connectivity index (χ2n) is 3.67.